The molecule has 0 bridgehead atoms. The van der Waals surface area contributed by atoms with Crippen LogP contribution in [0.3, 0.4) is 0 Å². The molecule has 4 rings (SSSR count). The minimum Gasteiger partial charge on any atom is -0.493 e. The molecule has 1 heterocycles. The molecule has 1 aliphatic carbocycles. The van der Waals surface area contributed by atoms with E-state index in [1.54, 1.807) is 19.2 Å². The van der Waals surface area contributed by atoms with Gasteiger partial charge in [0.25, 0.3) is 0 Å². The minimum atomic E-state index is -0.636. The highest BCUT2D eigenvalue weighted by Crippen LogP contribution is 2.49. The highest BCUT2D eigenvalue weighted by atomic mass is 79.9. The van der Waals surface area contributed by atoms with E-state index in [-0.39, 0.29) is 5.78 Å². The average molecular weight is 484 g/mol. The molecule has 7 heteroatoms. The van der Waals surface area contributed by atoms with Crippen molar-refractivity contribution >= 4 is 33.4 Å². The summed E-state index contributed by atoms with van der Waals surface area (Å²) in [7, 11) is 2.90. The van der Waals surface area contributed by atoms with Crippen LogP contribution in [0.1, 0.15) is 41.3 Å². The molecule has 2 aromatic rings. The molecule has 6 nitrogen and oxygen atoms in total. The van der Waals surface area contributed by atoms with E-state index in [4.69, 9.17) is 14.2 Å². The standard InChI is InChI=1S/C24H22BrNO5/c1-5-31-18-10-15(16(25)11-17(18)29-3)20-19(24(28)30-4)12(2)26-22-13-8-6-7-9-14(13)23(27)21(20)22/h6-11,20,26H,5H2,1-4H3/t20-/m1/s1. The second-order valence-electron chi connectivity index (χ2n) is 7.21. The number of hydrogen-bond acceptors (Lipinski definition) is 6. The minimum absolute atomic E-state index is 0.113. The topological polar surface area (TPSA) is 73.9 Å². The Labute approximate surface area is 189 Å². The van der Waals surface area contributed by atoms with Gasteiger partial charge in [-0.15, -0.1) is 0 Å². The number of nitrogens with one attached hydrogen (secondary N) is 1. The first-order chi connectivity index (χ1) is 14.9. The molecule has 0 radical (unpaired) electrons. The number of ketones is 1. The molecule has 1 aliphatic heterocycles. The van der Waals surface area contributed by atoms with Crippen LogP contribution in [0.15, 0.2) is 57.7 Å². The molecule has 0 saturated carbocycles. The number of hydrogen-bond donors (Lipinski definition) is 1. The van der Waals surface area contributed by atoms with E-state index in [0.717, 1.165) is 16.8 Å². The summed E-state index contributed by atoms with van der Waals surface area (Å²) in [5.74, 6) is -0.151. The molecule has 0 amide bonds. The van der Waals surface area contributed by atoms with Crippen molar-refractivity contribution in [3.8, 4) is 11.5 Å². The van der Waals surface area contributed by atoms with Gasteiger partial charge in [0.05, 0.1) is 38.0 Å². The van der Waals surface area contributed by atoms with Crippen LogP contribution in [0.4, 0.5) is 0 Å². The molecule has 0 unspecified atom stereocenters. The fraction of sp³-hybridized carbons (Fsp3) is 0.250. The summed E-state index contributed by atoms with van der Waals surface area (Å²) in [6.07, 6.45) is 0. The quantitative estimate of drug-likeness (QED) is 0.626. The summed E-state index contributed by atoms with van der Waals surface area (Å²) in [6, 6.07) is 11.0. The van der Waals surface area contributed by atoms with E-state index in [0.29, 0.717) is 45.0 Å². The number of halogens is 1. The van der Waals surface area contributed by atoms with Gasteiger partial charge in [0.2, 0.25) is 0 Å². The van der Waals surface area contributed by atoms with Crippen LogP contribution in [0.25, 0.3) is 5.70 Å². The summed E-state index contributed by atoms with van der Waals surface area (Å²) in [5.41, 5.74) is 4.41. The lowest BCUT2D eigenvalue weighted by molar-refractivity contribution is -0.136. The van der Waals surface area contributed by atoms with Gasteiger partial charge >= 0.3 is 5.97 Å². The van der Waals surface area contributed by atoms with Gasteiger partial charge in [-0.1, -0.05) is 40.2 Å². The Hall–Kier alpha value is -3.06. The number of carbonyl (C=O) groups is 2. The fourth-order valence-corrected chi connectivity index (χ4v) is 4.77. The van der Waals surface area contributed by atoms with Crippen LogP contribution in [0, 0.1) is 0 Å². The summed E-state index contributed by atoms with van der Waals surface area (Å²) >= 11 is 3.61. The van der Waals surface area contributed by atoms with Gasteiger partial charge in [0.15, 0.2) is 17.3 Å². The van der Waals surface area contributed by atoms with Gasteiger partial charge in [0.1, 0.15) is 0 Å². The van der Waals surface area contributed by atoms with Crippen LogP contribution in [0.2, 0.25) is 0 Å². The van der Waals surface area contributed by atoms with E-state index >= 15 is 0 Å². The Bertz CT molecular complexity index is 1160. The summed E-state index contributed by atoms with van der Waals surface area (Å²) in [5, 5.41) is 3.28. The van der Waals surface area contributed by atoms with Crippen molar-refractivity contribution in [3.05, 3.63) is 74.4 Å². The van der Waals surface area contributed by atoms with Crippen LogP contribution < -0.4 is 14.8 Å². The van der Waals surface area contributed by atoms with Gasteiger partial charge in [-0.3, -0.25) is 4.79 Å². The van der Waals surface area contributed by atoms with E-state index in [2.05, 4.69) is 21.2 Å². The Balaban J connectivity index is 1.99. The van der Waals surface area contributed by atoms with Crippen molar-refractivity contribution in [2.24, 2.45) is 0 Å². The molecule has 31 heavy (non-hydrogen) atoms. The molecule has 1 N–H and O–H groups in total. The Morgan fingerprint density at radius 3 is 2.48 bits per heavy atom. The van der Waals surface area contributed by atoms with Crippen LogP contribution in [-0.2, 0) is 9.53 Å². The summed E-state index contributed by atoms with van der Waals surface area (Å²) in [4.78, 5) is 26.3. The Morgan fingerprint density at radius 1 is 1.13 bits per heavy atom. The van der Waals surface area contributed by atoms with Crippen molar-refractivity contribution < 1.29 is 23.8 Å². The Morgan fingerprint density at radius 2 is 1.84 bits per heavy atom. The maximum absolute atomic E-state index is 13.5. The predicted molar refractivity (Wildman–Crippen MR) is 120 cm³/mol. The molecule has 0 saturated heterocycles. The molecule has 2 aliphatic rings. The van der Waals surface area contributed by atoms with Gasteiger partial charge in [0, 0.05) is 26.9 Å². The first kappa shape index (κ1) is 21.2. The molecule has 0 aromatic heterocycles. The first-order valence-corrected chi connectivity index (χ1v) is 10.7. The largest absolute Gasteiger partial charge is 0.493 e. The predicted octanol–water partition coefficient (Wildman–Crippen LogP) is 4.60. The number of dihydropyridines is 1. The zero-order chi connectivity index (χ0) is 22.3. The number of benzene rings is 2. The second kappa shape index (κ2) is 8.23. The number of fused-ring (bicyclic) bond motifs is 2. The lowest BCUT2D eigenvalue weighted by Crippen LogP contribution is -2.29. The van der Waals surface area contributed by atoms with Gasteiger partial charge in [-0.05, 0) is 31.5 Å². The van der Waals surface area contributed by atoms with Crippen molar-refractivity contribution in [1.29, 1.82) is 0 Å². The van der Waals surface area contributed by atoms with Crippen molar-refractivity contribution in [2.75, 3.05) is 20.8 Å². The molecule has 0 fully saturated rings. The summed E-state index contributed by atoms with van der Waals surface area (Å²) < 4.78 is 17.0. The zero-order valence-electron chi connectivity index (χ0n) is 17.7. The number of ether oxygens (including phenoxy) is 3. The molecule has 160 valence electrons. The molecular weight excluding hydrogens is 462 g/mol. The molecular formula is C24H22BrNO5. The molecule has 1 atom stereocenters. The van der Waals surface area contributed by atoms with Crippen LogP contribution >= 0.6 is 15.9 Å². The zero-order valence-corrected chi connectivity index (χ0v) is 19.3. The third kappa shape index (κ3) is 3.33. The number of allylic oxidation sites excluding steroid dienone is 2. The number of methoxy groups -OCH3 is 2. The lowest BCUT2D eigenvalue weighted by atomic mass is 9.79. The number of rotatable bonds is 5. The second-order valence-corrected chi connectivity index (χ2v) is 8.06. The first-order valence-electron chi connectivity index (χ1n) is 9.87. The number of esters is 1. The normalized spacial score (nSPS) is 17.2. The lowest BCUT2D eigenvalue weighted by Gasteiger charge is -2.30. The average Bonchev–Trinajstić information content (AvgIpc) is 3.05. The summed E-state index contributed by atoms with van der Waals surface area (Å²) in [6.45, 7) is 4.14. The highest BCUT2D eigenvalue weighted by molar-refractivity contribution is 9.10. The van der Waals surface area contributed by atoms with E-state index in [1.165, 1.54) is 7.11 Å². The molecule has 2 aromatic carbocycles. The van der Waals surface area contributed by atoms with Crippen molar-refractivity contribution in [2.45, 2.75) is 19.8 Å². The van der Waals surface area contributed by atoms with Gasteiger partial charge in [-0.2, -0.15) is 0 Å². The van der Waals surface area contributed by atoms with Crippen molar-refractivity contribution in [1.82, 2.24) is 5.32 Å². The smallest absolute Gasteiger partial charge is 0.336 e. The molecule has 0 spiro atoms. The van der Waals surface area contributed by atoms with Crippen LogP contribution in [-0.4, -0.2) is 32.6 Å². The van der Waals surface area contributed by atoms with Gasteiger partial charge in [-0.25, -0.2) is 4.79 Å². The third-order valence-electron chi connectivity index (χ3n) is 5.55. The number of Topliss-reactive ketones (excluding diaryl/α,β-unsaturated/α-hetero) is 1. The van der Waals surface area contributed by atoms with Crippen molar-refractivity contribution in [3.63, 3.8) is 0 Å². The van der Waals surface area contributed by atoms with E-state index in [1.807, 2.05) is 38.1 Å². The number of carbonyl (C=O) groups excluding carboxylic acids is 2. The van der Waals surface area contributed by atoms with E-state index in [9.17, 15) is 9.59 Å². The highest BCUT2D eigenvalue weighted by Gasteiger charge is 2.43. The maximum atomic E-state index is 13.5. The Kier molecular flexibility index (Phi) is 5.62. The van der Waals surface area contributed by atoms with Gasteiger partial charge < -0.3 is 19.5 Å². The monoisotopic (exact) mass is 483 g/mol. The third-order valence-corrected chi connectivity index (χ3v) is 6.23. The van der Waals surface area contributed by atoms with Crippen LogP contribution in [0.5, 0.6) is 11.5 Å². The SMILES string of the molecule is CCOc1cc([C@@H]2C(C(=O)OC)=C(C)NC3=C2C(=O)c2ccccc23)c(Br)cc1OC. The van der Waals surface area contributed by atoms with E-state index < -0.39 is 11.9 Å². The maximum Gasteiger partial charge on any atom is 0.336 e. The fourth-order valence-electron chi connectivity index (χ4n) is 4.22.